The van der Waals surface area contributed by atoms with Crippen LogP contribution in [0, 0.1) is 5.92 Å². The standard InChI is InChI=1S/C19H20O2/c1-3-17(15-10-6-4-7-11-15)18(14(2)20)19(21)16-12-8-5-9-13-16/h4-13,17-18H,3H2,1-2H3. The second-order valence-corrected chi connectivity index (χ2v) is 5.24. The molecule has 2 heteroatoms. The molecule has 2 aromatic rings. The first-order valence-electron chi connectivity index (χ1n) is 7.29. The molecule has 0 heterocycles. The van der Waals surface area contributed by atoms with Gasteiger partial charge in [0.2, 0.25) is 0 Å². The van der Waals surface area contributed by atoms with Crippen molar-refractivity contribution < 1.29 is 9.59 Å². The third kappa shape index (κ3) is 3.46. The number of hydrogen-bond acceptors (Lipinski definition) is 2. The van der Waals surface area contributed by atoms with E-state index >= 15 is 0 Å². The summed E-state index contributed by atoms with van der Waals surface area (Å²) in [5.41, 5.74) is 1.65. The average molecular weight is 280 g/mol. The molecule has 2 unspecified atom stereocenters. The molecule has 0 radical (unpaired) electrons. The highest BCUT2D eigenvalue weighted by Crippen LogP contribution is 2.31. The molecular weight excluding hydrogens is 260 g/mol. The lowest BCUT2D eigenvalue weighted by molar-refractivity contribution is -0.120. The van der Waals surface area contributed by atoms with E-state index < -0.39 is 5.92 Å². The van der Waals surface area contributed by atoms with Gasteiger partial charge in [-0.3, -0.25) is 9.59 Å². The molecule has 0 N–H and O–H groups in total. The van der Waals surface area contributed by atoms with Crippen LogP contribution >= 0.6 is 0 Å². The fourth-order valence-electron chi connectivity index (χ4n) is 2.80. The van der Waals surface area contributed by atoms with Crippen molar-refractivity contribution >= 4 is 11.6 Å². The Morgan fingerprint density at radius 1 is 0.905 bits per heavy atom. The highest BCUT2D eigenvalue weighted by Gasteiger charge is 2.32. The monoisotopic (exact) mass is 280 g/mol. The molecule has 2 aromatic carbocycles. The third-order valence-corrected chi connectivity index (χ3v) is 3.85. The molecular formula is C19H20O2. The summed E-state index contributed by atoms with van der Waals surface area (Å²) in [6.07, 6.45) is 0.757. The second-order valence-electron chi connectivity index (χ2n) is 5.24. The number of benzene rings is 2. The van der Waals surface area contributed by atoms with Gasteiger partial charge in [0.05, 0.1) is 5.92 Å². The normalized spacial score (nSPS) is 13.4. The molecule has 0 aromatic heterocycles. The van der Waals surface area contributed by atoms with Gasteiger partial charge in [0, 0.05) is 11.5 Å². The highest BCUT2D eigenvalue weighted by atomic mass is 16.1. The Morgan fingerprint density at radius 2 is 1.43 bits per heavy atom. The van der Waals surface area contributed by atoms with Crippen molar-refractivity contribution in [1.82, 2.24) is 0 Å². The SMILES string of the molecule is CCC(c1ccccc1)C(C(C)=O)C(=O)c1ccccc1. The lowest BCUT2D eigenvalue weighted by Crippen LogP contribution is -2.28. The van der Waals surface area contributed by atoms with Gasteiger partial charge in [-0.1, -0.05) is 67.6 Å². The van der Waals surface area contributed by atoms with Gasteiger partial charge in [-0.25, -0.2) is 0 Å². The fourth-order valence-corrected chi connectivity index (χ4v) is 2.80. The Balaban J connectivity index is 2.38. The summed E-state index contributed by atoms with van der Waals surface area (Å²) in [5, 5.41) is 0. The van der Waals surface area contributed by atoms with Crippen LogP contribution in [0.1, 0.15) is 42.1 Å². The van der Waals surface area contributed by atoms with Crippen LogP contribution in [0.25, 0.3) is 0 Å². The molecule has 0 amide bonds. The molecule has 2 rings (SSSR count). The first kappa shape index (κ1) is 15.2. The third-order valence-electron chi connectivity index (χ3n) is 3.85. The number of Topliss-reactive ketones (excluding diaryl/α,β-unsaturated/α-hetero) is 2. The van der Waals surface area contributed by atoms with Crippen LogP contribution in [0.5, 0.6) is 0 Å². The van der Waals surface area contributed by atoms with Gasteiger partial charge in [0.15, 0.2) is 5.78 Å². The first-order valence-corrected chi connectivity index (χ1v) is 7.29. The van der Waals surface area contributed by atoms with Crippen LogP contribution in [0.3, 0.4) is 0 Å². The molecule has 0 aliphatic carbocycles. The molecule has 0 spiro atoms. The van der Waals surface area contributed by atoms with E-state index in [1.807, 2.05) is 55.5 Å². The Labute approximate surface area is 125 Å². The second kappa shape index (κ2) is 6.98. The van der Waals surface area contributed by atoms with E-state index in [0.29, 0.717) is 5.56 Å². The summed E-state index contributed by atoms with van der Waals surface area (Å²) in [4.78, 5) is 24.9. The Kier molecular flexibility index (Phi) is 5.04. The van der Waals surface area contributed by atoms with Crippen LogP contribution < -0.4 is 0 Å². The number of rotatable bonds is 6. The lowest BCUT2D eigenvalue weighted by atomic mass is 9.77. The van der Waals surface area contributed by atoms with Crippen LogP contribution in [0.15, 0.2) is 60.7 Å². The Morgan fingerprint density at radius 3 is 1.90 bits per heavy atom. The van der Waals surface area contributed by atoms with Crippen LogP contribution in [0.2, 0.25) is 0 Å². The molecule has 0 fully saturated rings. The quantitative estimate of drug-likeness (QED) is 0.585. The Bertz CT molecular complexity index is 602. The maximum Gasteiger partial charge on any atom is 0.173 e. The van der Waals surface area contributed by atoms with Crippen LogP contribution in [-0.2, 0) is 4.79 Å². The van der Waals surface area contributed by atoms with Crippen molar-refractivity contribution in [2.24, 2.45) is 5.92 Å². The summed E-state index contributed by atoms with van der Waals surface area (Å²) in [6, 6.07) is 18.9. The molecule has 108 valence electrons. The van der Waals surface area contributed by atoms with Crippen molar-refractivity contribution in [3.05, 3.63) is 71.8 Å². The number of ketones is 2. The molecule has 0 bridgehead atoms. The molecule has 21 heavy (non-hydrogen) atoms. The average Bonchev–Trinajstić information content (AvgIpc) is 2.53. The van der Waals surface area contributed by atoms with Gasteiger partial charge in [-0.05, 0) is 18.9 Å². The van der Waals surface area contributed by atoms with Crippen LogP contribution in [-0.4, -0.2) is 11.6 Å². The van der Waals surface area contributed by atoms with Gasteiger partial charge in [0.25, 0.3) is 0 Å². The van der Waals surface area contributed by atoms with E-state index in [9.17, 15) is 9.59 Å². The zero-order valence-corrected chi connectivity index (χ0v) is 12.5. The van der Waals surface area contributed by atoms with Gasteiger partial charge < -0.3 is 0 Å². The topological polar surface area (TPSA) is 34.1 Å². The van der Waals surface area contributed by atoms with E-state index in [1.54, 1.807) is 12.1 Å². The van der Waals surface area contributed by atoms with E-state index in [4.69, 9.17) is 0 Å². The van der Waals surface area contributed by atoms with E-state index in [2.05, 4.69) is 0 Å². The minimum Gasteiger partial charge on any atom is -0.299 e. The minimum atomic E-state index is -0.611. The summed E-state index contributed by atoms with van der Waals surface area (Å²) >= 11 is 0. The predicted molar refractivity (Wildman–Crippen MR) is 84.4 cm³/mol. The van der Waals surface area contributed by atoms with Crippen LogP contribution in [0.4, 0.5) is 0 Å². The predicted octanol–water partition coefficient (Wildman–Crippen LogP) is 4.27. The first-order chi connectivity index (χ1) is 10.1. The molecule has 0 aliphatic heterocycles. The van der Waals surface area contributed by atoms with Gasteiger partial charge in [0.1, 0.15) is 5.78 Å². The zero-order chi connectivity index (χ0) is 15.2. The fraction of sp³-hybridized carbons (Fsp3) is 0.263. The number of carbonyl (C=O) groups is 2. The van der Waals surface area contributed by atoms with E-state index in [0.717, 1.165) is 12.0 Å². The van der Waals surface area contributed by atoms with Gasteiger partial charge in [-0.2, -0.15) is 0 Å². The molecule has 0 saturated carbocycles. The smallest absolute Gasteiger partial charge is 0.173 e. The highest BCUT2D eigenvalue weighted by molar-refractivity contribution is 6.10. The Hall–Kier alpha value is -2.22. The summed E-state index contributed by atoms with van der Waals surface area (Å²) in [5.74, 6) is -0.838. The molecule has 2 atom stereocenters. The largest absolute Gasteiger partial charge is 0.299 e. The lowest BCUT2D eigenvalue weighted by Gasteiger charge is -2.23. The molecule has 0 saturated heterocycles. The van der Waals surface area contributed by atoms with Crippen molar-refractivity contribution in [2.45, 2.75) is 26.2 Å². The summed E-state index contributed by atoms with van der Waals surface area (Å²) < 4.78 is 0. The van der Waals surface area contributed by atoms with Crippen molar-refractivity contribution in [3.63, 3.8) is 0 Å². The molecule has 2 nitrogen and oxygen atoms in total. The maximum atomic E-state index is 12.7. The molecule has 0 aliphatic rings. The van der Waals surface area contributed by atoms with Gasteiger partial charge >= 0.3 is 0 Å². The number of carbonyl (C=O) groups excluding carboxylic acids is 2. The van der Waals surface area contributed by atoms with Crippen molar-refractivity contribution in [3.8, 4) is 0 Å². The van der Waals surface area contributed by atoms with E-state index in [1.165, 1.54) is 6.92 Å². The summed E-state index contributed by atoms with van der Waals surface area (Å²) in [7, 11) is 0. The maximum absolute atomic E-state index is 12.7. The number of hydrogen-bond donors (Lipinski definition) is 0. The van der Waals surface area contributed by atoms with Gasteiger partial charge in [-0.15, -0.1) is 0 Å². The summed E-state index contributed by atoms with van der Waals surface area (Å²) in [6.45, 7) is 3.53. The minimum absolute atomic E-state index is 0.0699. The van der Waals surface area contributed by atoms with Crippen molar-refractivity contribution in [1.29, 1.82) is 0 Å². The van der Waals surface area contributed by atoms with Crippen molar-refractivity contribution in [2.75, 3.05) is 0 Å². The zero-order valence-electron chi connectivity index (χ0n) is 12.5. The van der Waals surface area contributed by atoms with E-state index in [-0.39, 0.29) is 17.5 Å².